The van der Waals surface area contributed by atoms with Crippen LogP contribution in [-0.2, 0) is 18.3 Å². The zero-order chi connectivity index (χ0) is 29.4. The maximum atomic E-state index is 2.50. The van der Waals surface area contributed by atoms with E-state index in [0.29, 0.717) is 0 Å². The number of aryl methyl sites for hydroxylation is 1. The van der Waals surface area contributed by atoms with Crippen molar-refractivity contribution in [2.45, 2.75) is 38.5 Å². The first kappa shape index (κ1) is 25.5. The SMILES string of the molecule is CC1(C)c2ccc(C3=Cc4c(ccc5ccccc45)CC3)cc2Cc2cc(-c3ccc4ccc5ccccc5c4c3)ccc21. The van der Waals surface area contributed by atoms with E-state index in [9.17, 15) is 0 Å². The van der Waals surface area contributed by atoms with Crippen molar-refractivity contribution < 1.29 is 0 Å². The fraction of sp³-hybridized carbons (Fsp3) is 0.136. The van der Waals surface area contributed by atoms with Crippen LogP contribution in [0.15, 0.2) is 127 Å². The Morgan fingerprint density at radius 2 is 1.02 bits per heavy atom. The summed E-state index contributed by atoms with van der Waals surface area (Å²) < 4.78 is 0. The molecule has 44 heavy (non-hydrogen) atoms. The van der Waals surface area contributed by atoms with E-state index in [4.69, 9.17) is 0 Å². The second-order valence-corrected chi connectivity index (χ2v) is 13.3. The van der Waals surface area contributed by atoms with Gasteiger partial charge in [0.25, 0.3) is 0 Å². The molecular formula is C44H34. The Morgan fingerprint density at radius 1 is 0.455 bits per heavy atom. The predicted octanol–water partition coefficient (Wildman–Crippen LogP) is 11.5. The fourth-order valence-electron chi connectivity index (χ4n) is 8.08. The summed E-state index contributed by atoms with van der Waals surface area (Å²) in [4.78, 5) is 0. The van der Waals surface area contributed by atoms with Crippen LogP contribution in [0, 0.1) is 0 Å². The van der Waals surface area contributed by atoms with Gasteiger partial charge >= 0.3 is 0 Å². The van der Waals surface area contributed by atoms with Crippen molar-refractivity contribution in [3.8, 4) is 11.1 Å². The minimum absolute atomic E-state index is 0.0384. The minimum Gasteiger partial charge on any atom is -0.0616 e. The Bertz CT molecular complexity index is 2330. The number of allylic oxidation sites excluding steroid dienone is 1. The first-order valence-electron chi connectivity index (χ1n) is 15.9. The lowest BCUT2D eigenvalue weighted by atomic mass is 9.68. The molecule has 9 rings (SSSR count). The van der Waals surface area contributed by atoms with Crippen LogP contribution in [-0.4, -0.2) is 0 Å². The largest absolute Gasteiger partial charge is 0.0616 e. The predicted molar refractivity (Wildman–Crippen MR) is 188 cm³/mol. The van der Waals surface area contributed by atoms with Gasteiger partial charge in [-0.3, -0.25) is 0 Å². The van der Waals surface area contributed by atoms with Gasteiger partial charge in [-0.1, -0.05) is 141 Å². The summed E-state index contributed by atoms with van der Waals surface area (Å²) in [5.74, 6) is 0. The van der Waals surface area contributed by atoms with Crippen molar-refractivity contribution in [1.29, 1.82) is 0 Å². The molecule has 0 atom stereocenters. The summed E-state index contributed by atoms with van der Waals surface area (Å²) in [5.41, 5.74) is 14.1. The average Bonchev–Trinajstić information content (AvgIpc) is 3.07. The highest BCUT2D eigenvalue weighted by Gasteiger charge is 2.33. The van der Waals surface area contributed by atoms with Gasteiger partial charge in [0.15, 0.2) is 0 Å². The van der Waals surface area contributed by atoms with E-state index in [2.05, 4.69) is 147 Å². The van der Waals surface area contributed by atoms with Gasteiger partial charge in [0.2, 0.25) is 0 Å². The Labute approximate surface area is 259 Å². The third-order valence-electron chi connectivity index (χ3n) is 10.4. The van der Waals surface area contributed by atoms with E-state index < -0.39 is 0 Å². The summed E-state index contributed by atoms with van der Waals surface area (Å²) in [7, 11) is 0. The third-order valence-corrected chi connectivity index (χ3v) is 10.4. The molecule has 2 aliphatic rings. The van der Waals surface area contributed by atoms with Crippen LogP contribution >= 0.6 is 0 Å². The maximum absolute atomic E-state index is 2.50. The van der Waals surface area contributed by atoms with E-state index in [1.165, 1.54) is 88.0 Å². The van der Waals surface area contributed by atoms with Crippen molar-refractivity contribution >= 4 is 44.0 Å². The van der Waals surface area contributed by atoms with E-state index in [-0.39, 0.29) is 5.41 Å². The quantitative estimate of drug-likeness (QED) is 0.184. The molecule has 0 spiro atoms. The Hall–Kier alpha value is -4.94. The topological polar surface area (TPSA) is 0 Å². The normalized spacial score (nSPS) is 15.1. The van der Waals surface area contributed by atoms with Crippen molar-refractivity contribution in [1.82, 2.24) is 0 Å². The number of rotatable bonds is 2. The zero-order valence-corrected chi connectivity index (χ0v) is 25.3. The van der Waals surface area contributed by atoms with Gasteiger partial charge in [0, 0.05) is 5.41 Å². The molecule has 7 aromatic carbocycles. The molecule has 0 aromatic heterocycles. The van der Waals surface area contributed by atoms with Crippen LogP contribution in [0.3, 0.4) is 0 Å². The van der Waals surface area contributed by atoms with Crippen LogP contribution in [0.5, 0.6) is 0 Å². The molecule has 0 N–H and O–H groups in total. The molecule has 0 radical (unpaired) electrons. The average molecular weight is 563 g/mol. The summed E-state index contributed by atoms with van der Waals surface area (Å²) >= 11 is 0. The van der Waals surface area contributed by atoms with Gasteiger partial charge in [0.1, 0.15) is 0 Å². The molecular weight excluding hydrogens is 528 g/mol. The molecule has 7 aromatic rings. The van der Waals surface area contributed by atoms with Crippen molar-refractivity contribution in [2.24, 2.45) is 0 Å². The monoisotopic (exact) mass is 562 g/mol. The molecule has 0 heterocycles. The van der Waals surface area contributed by atoms with Gasteiger partial charge in [-0.25, -0.2) is 0 Å². The van der Waals surface area contributed by atoms with E-state index in [1.54, 1.807) is 0 Å². The van der Waals surface area contributed by atoms with Gasteiger partial charge in [-0.05, 0) is 113 Å². The summed E-state index contributed by atoms with van der Waals surface area (Å²) in [6.07, 6.45) is 5.62. The summed E-state index contributed by atoms with van der Waals surface area (Å²) in [6.45, 7) is 4.79. The maximum Gasteiger partial charge on any atom is 0.0152 e. The lowest BCUT2D eigenvalue weighted by molar-refractivity contribution is 0.610. The molecule has 0 aliphatic heterocycles. The second kappa shape index (κ2) is 9.53. The van der Waals surface area contributed by atoms with Crippen molar-refractivity contribution in [3.05, 3.63) is 166 Å². The number of hydrogen-bond acceptors (Lipinski definition) is 0. The number of fused-ring (bicyclic) bond motifs is 8. The van der Waals surface area contributed by atoms with Crippen LogP contribution in [0.25, 0.3) is 55.1 Å². The van der Waals surface area contributed by atoms with Crippen LogP contribution in [0.2, 0.25) is 0 Å². The summed E-state index contributed by atoms with van der Waals surface area (Å²) in [6, 6.07) is 48.0. The molecule has 0 fully saturated rings. The molecule has 0 amide bonds. The van der Waals surface area contributed by atoms with Gasteiger partial charge in [-0.2, -0.15) is 0 Å². The van der Waals surface area contributed by atoms with Crippen molar-refractivity contribution in [2.75, 3.05) is 0 Å². The highest BCUT2D eigenvalue weighted by Crippen LogP contribution is 2.44. The molecule has 0 saturated carbocycles. The minimum atomic E-state index is -0.0384. The van der Waals surface area contributed by atoms with Gasteiger partial charge in [0.05, 0.1) is 0 Å². The van der Waals surface area contributed by atoms with E-state index in [1.807, 2.05) is 0 Å². The molecule has 0 bridgehead atoms. The zero-order valence-electron chi connectivity index (χ0n) is 25.3. The molecule has 0 nitrogen and oxygen atoms in total. The third kappa shape index (κ3) is 3.91. The van der Waals surface area contributed by atoms with Gasteiger partial charge < -0.3 is 0 Å². The van der Waals surface area contributed by atoms with Gasteiger partial charge in [-0.15, -0.1) is 0 Å². The Morgan fingerprint density at radius 3 is 1.82 bits per heavy atom. The van der Waals surface area contributed by atoms with Crippen LogP contribution in [0.4, 0.5) is 0 Å². The molecule has 210 valence electrons. The van der Waals surface area contributed by atoms with E-state index >= 15 is 0 Å². The first-order chi connectivity index (χ1) is 21.5. The first-order valence-corrected chi connectivity index (χ1v) is 15.9. The lowest BCUT2D eigenvalue weighted by Gasteiger charge is -2.36. The van der Waals surface area contributed by atoms with E-state index in [0.717, 1.165) is 19.3 Å². The summed E-state index contributed by atoms with van der Waals surface area (Å²) in [5, 5.41) is 7.92. The number of benzene rings is 7. The second-order valence-electron chi connectivity index (χ2n) is 13.3. The molecule has 2 aliphatic carbocycles. The Kier molecular flexibility index (Phi) is 5.53. The standard InChI is InChI=1S/C44H34/c1-44(2)42-21-19-32(34-17-15-30-13-11-28-7-3-5-9-38(28)40(30)26-34)23-36(42)25-37-24-33(20-22-43(37)44)35-18-16-31-14-12-29-8-4-6-10-39(29)41(31)27-35/h3-15,17,19-24,26-27H,16,18,25H2,1-2H3. The highest BCUT2D eigenvalue weighted by atomic mass is 14.4. The molecule has 0 saturated heterocycles. The highest BCUT2D eigenvalue weighted by molar-refractivity contribution is 6.08. The van der Waals surface area contributed by atoms with Crippen molar-refractivity contribution in [3.63, 3.8) is 0 Å². The molecule has 0 unspecified atom stereocenters. The Balaban J connectivity index is 1.12. The lowest BCUT2D eigenvalue weighted by Crippen LogP contribution is -2.27. The van der Waals surface area contributed by atoms with Crippen LogP contribution in [0.1, 0.15) is 59.2 Å². The number of hydrogen-bond donors (Lipinski definition) is 0. The fourth-order valence-corrected chi connectivity index (χ4v) is 8.08. The molecule has 0 heteroatoms. The smallest absolute Gasteiger partial charge is 0.0152 e. The van der Waals surface area contributed by atoms with Crippen LogP contribution < -0.4 is 0 Å².